The summed E-state index contributed by atoms with van der Waals surface area (Å²) in [4.78, 5) is 14.4. The number of halogens is 2. The minimum atomic E-state index is -0.420. The number of nitrogens with zero attached hydrogens (tertiary/aromatic N) is 1. The first-order chi connectivity index (χ1) is 10.1. The molecule has 6 heteroatoms. The highest BCUT2D eigenvalue weighted by molar-refractivity contribution is 7.98. The van der Waals surface area contributed by atoms with Crippen LogP contribution in [0.3, 0.4) is 0 Å². The highest BCUT2D eigenvalue weighted by atomic mass is 35.5. The lowest BCUT2D eigenvalue weighted by Gasteiger charge is -2.26. The predicted molar refractivity (Wildman–Crippen MR) is 100.0 cm³/mol. The number of nitrogens with two attached hydrogens (primary N) is 1. The molecule has 1 atom stereocenters. The monoisotopic (exact) mass is 364 g/mol. The molecule has 1 aromatic carbocycles. The molecule has 22 heavy (non-hydrogen) atoms. The third kappa shape index (κ3) is 7.23. The first-order valence-electron chi connectivity index (χ1n) is 7.36. The van der Waals surface area contributed by atoms with Gasteiger partial charge in [0.1, 0.15) is 0 Å². The van der Waals surface area contributed by atoms with Gasteiger partial charge < -0.3 is 10.6 Å². The average Bonchev–Trinajstić information content (AvgIpc) is 2.50. The highest BCUT2D eigenvalue weighted by Gasteiger charge is 2.21. The van der Waals surface area contributed by atoms with E-state index in [4.69, 9.17) is 17.3 Å². The molecule has 3 nitrogen and oxygen atoms in total. The van der Waals surface area contributed by atoms with Crippen molar-refractivity contribution in [2.45, 2.75) is 38.8 Å². The van der Waals surface area contributed by atoms with E-state index < -0.39 is 6.04 Å². The van der Waals surface area contributed by atoms with Gasteiger partial charge in [0.2, 0.25) is 5.91 Å². The van der Waals surface area contributed by atoms with Crippen molar-refractivity contribution < 1.29 is 4.79 Å². The summed E-state index contributed by atoms with van der Waals surface area (Å²) in [5.41, 5.74) is 7.00. The van der Waals surface area contributed by atoms with Crippen molar-refractivity contribution in [1.82, 2.24) is 4.90 Å². The van der Waals surface area contributed by atoms with Crippen LogP contribution in [0.15, 0.2) is 24.3 Å². The molecule has 1 aromatic rings. The van der Waals surface area contributed by atoms with E-state index in [1.165, 1.54) is 0 Å². The average molecular weight is 365 g/mol. The molecule has 0 aliphatic rings. The minimum absolute atomic E-state index is 0. The topological polar surface area (TPSA) is 46.3 Å². The number of hydrogen-bond acceptors (Lipinski definition) is 3. The lowest BCUT2D eigenvalue weighted by Crippen LogP contribution is -2.44. The summed E-state index contributed by atoms with van der Waals surface area (Å²) in [6, 6.07) is 7.23. The fourth-order valence-corrected chi connectivity index (χ4v) is 2.74. The van der Waals surface area contributed by atoms with E-state index in [1.807, 2.05) is 35.4 Å². The Morgan fingerprint density at radius 3 is 2.68 bits per heavy atom. The van der Waals surface area contributed by atoms with E-state index in [0.29, 0.717) is 18.0 Å². The molecule has 0 spiro atoms. The molecule has 0 unspecified atom stereocenters. The van der Waals surface area contributed by atoms with Crippen molar-refractivity contribution >= 4 is 41.7 Å². The van der Waals surface area contributed by atoms with Gasteiger partial charge in [0.25, 0.3) is 0 Å². The SMILES string of the molecule is CCCCN(Cc1ccccc1Cl)C(=O)[C@@H](N)CCSC.Cl. The number of amides is 1. The number of carbonyl (C=O) groups excluding carboxylic acids is 1. The molecule has 1 amide bonds. The molecule has 0 fully saturated rings. The van der Waals surface area contributed by atoms with Crippen LogP contribution in [0.5, 0.6) is 0 Å². The second kappa shape index (κ2) is 12.1. The van der Waals surface area contributed by atoms with Gasteiger partial charge in [-0.1, -0.05) is 43.1 Å². The van der Waals surface area contributed by atoms with Crippen molar-refractivity contribution in [3.63, 3.8) is 0 Å². The molecular formula is C16H26Cl2N2OS. The van der Waals surface area contributed by atoms with Crippen LogP contribution in [0.1, 0.15) is 31.7 Å². The zero-order valence-corrected chi connectivity index (χ0v) is 15.6. The van der Waals surface area contributed by atoms with E-state index in [1.54, 1.807) is 11.8 Å². The van der Waals surface area contributed by atoms with Crippen LogP contribution in [-0.4, -0.2) is 35.4 Å². The van der Waals surface area contributed by atoms with Crippen molar-refractivity contribution in [3.05, 3.63) is 34.9 Å². The summed E-state index contributed by atoms with van der Waals surface area (Å²) in [6.07, 6.45) is 4.76. The maximum absolute atomic E-state index is 12.5. The second-order valence-electron chi connectivity index (χ2n) is 5.09. The molecule has 0 bridgehead atoms. The van der Waals surface area contributed by atoms with Gasteiger partial charge >= 0.3 is 0 Å². The zero-order valence-electron chi connectivity index (χ0n) is 13.3. The smallest absolute Gasteiger partial charge is 0.239 e. The van der Waals surface area contributed by atoms with Gasteiger partial charge in [0, 0.05) is 18.1 Å². The van der Waals surface area contributed by atoms with Crippen molar-refractivity contribution in [1.29, 1.82) is 0 Å². The van der Waals surface area contributed by atoms with Crippen molar-refractivity contribution in [3.8, 4) is 0 Å². The Labute approximate surface area is 149 Å². The third-order valence-electron chi connectivity index (χ3n) is 3.36. The fraction of sp³-hybridized carbons (Fsp3) is 0.562. The summed E-state index contributed by atoms with van der Waals surface area (Å²) in [5, 5.41) is 0.699. The Bertz CT molecular complexity index is 446. The quantitative estimate of drug-likeness (QED) is 0.720. The summed E-state index contributed by atoms with van der Waals surface area (Å²) in [6.45, 7) is 3.38. The number of benzene rings is 1. The molecule has 0 heterocycles. The summed E-state index contributed by atoms with van der Waals surface area (Å²) >= 11 is 7.91. The summed E-state index contributed by atoms with van der Waals surface area (Å²) < 4.78 is 0. The standard InChI is InChI=1S/C16H25ClN2OS.ClH/c1-3-4-10-19(16(20)15(18)9-11-21-2)12-13-7-5-6-8-14(13)17;/h5-8,15H,3-4,9-12,18H2,1-2H3;1H/t15-;/m0./s1. The Kier molecular flexibility index (Phi) is 11.8. The maximum Gasteiger partial charge on any atom is 0.239 e. The fourth-order valence-electron chi connectivity index (χ4n) is 2.05. The van der Waals surface area contributed by atoms with Gasteiger partial charge in [-0.3, -0.25) is 4.79 Å². The Morgan fingerprint density at radius 2 is 2.09 bits per heavy atom. The normalized spacial score (nSPS) is 11.6. The number of thioether (sulfide) groups is 1. The van der Waals surface area contributed by atoms with Crippen molar-refractivity contribution in [2.24, 2.45) is 5.73 Å². The van der Waals surface area contributed by atoms with Crippen LogP contribution < -0.4 is 5.73 Å². The Balaban J connectivity index is 0.00000441. The predicted octanol–water partition coefficient (Wildman–Crippen LogP) is 3.97. The van der Waals surface area contributed by atoms with E-state index in [2.05, 4.69) is 6.92 Å². The minimum Gasteiger partial charge on any atom is -0.337 e. The van der Waals surface area contributed by atoms with Gasteiger partial charge in [-0.15, -0.1) is 12.4 Å². The van der Waals surface area contributed by atoms with Crippen LogP contribution in [-0.2, 0) is 11.3 Å². The number of hydrogen-bond donors (Lipinski definition) is 1. The largest absolute Gasteiger partial charge is 0.337 e. The van der Waals surface area contributed by atoms with E-state index >= 15 is 0 Å². The van der Waals surface area contributed by atoms with Gasteiger partial charge in [-0.2, -0.15) is 11.8 Å². The van der Waals surface area contributed by atoms with E-state index in [9.17, 15) is 4.79 Å². The lowest BCUT2D eigenvalue weighted by molar-refractivity contribution is -0.133. The van der Waals surface area contributed by atoms with Crippen LogP contribution in [0.2, 0.25) is 5.02 Å². The molecule has 126 valence electrons. The highest BCUT2D eigenvalue weighted by Crippen LogP contribution is 2.18. The van der Waals surface area contributed by atoms with Gasteiger partial charge in [0.05, 0.1) is 6.04 Å². The van der Waals surface area contributed by atoms with Crippen LogP contribution >= 0.6 is 35.8 Å². The number of rotatable bonds is 9. The van der Waals surface area contributed by atoms with Crippen LogP contribution in [0.25, 0.3) is 0 Å². The van der Waals surface area contributed by atoms with Crippen LogP contribution in [0.4, 0.5) is 0 Å². The Hall–Kier alpha value is -0.420. The zero-order chi connectivity index (χ0) is 15.7. The maximum atomic E-state index is 12.5. The van der Waals surface area contributed by atoms with Gasteiger partial charge in [0.15, 0.2) is 0 Å². The lowest BCUT2D eigenvalue weighted by atomic mass is 10.1. The van der Waals surface area contributed by atoms with Gasteiger partial charge in [-0.25, -0.2) is 0 Å². The Morgan fingerprint density at radius 1 is 1.41 bits per heavy atom. The first kappa shape index (κ1) is 21.6. The van der Waals surface area contributed by atoms with Crippen LogP contribution in [0, 0.1) is 0 Å². The molecule has 0 aliphatic heterocycles. The van der Waals surface area contributed by atoms with Crippen molar-refractivity contribution in [2.75, 3.05) is 18.6 Å². The second-order valence-corrected chi connectivity index (χ2v) is 6.49. The number of unbranched alkanes of at least 4 members (excludes halogenated alkanes) is 1. The molecule has 0 saturated heterocycles. The molecule has 0 aromatic heterocycles. The summed E-state index contributed by atoms with van der Waals surface area (Å²) in [7, 11) is 0. The molecule has 1 rings (SSSR count). The summed E-state index contributed by atoms with van der Waals surface area (Å²) in [5.74, 6) is 0.929. The molecular weight excluding hydrogens is 339 g/mol. The molecule has 0 aliphatic carbocycles. The van der Waals surface area contributed by atoms with Gasteiger partial charge in [-0.05, 0) is 36.5 Å². The van der Waals surface area contributed by atoms with E-state index in [-0.39, 0.29) is 18.3 Å². The number of carbonyl (C=O) groups is 1. The molecule has 0 radical (unpaired) electrons. The molecule has 0 saturated carbocycles. The third-order valence-corrected chi connectivity index (χ3v) is 4.38. The van der Waals surface area contributed by atoms with E-state index in [0.717, 1.165) is 30.7 Å². The molecule has 2 N–H and O–H groups in total. The first-order valence-corrected chi connectivity index (χ1v) is 9.14.